The van der Waals surface area contributed by atoms with Crippen LogP contribution in [-0.4, -0.2) is 53.4 Å². The Bertz CT molecular complexity index is 416. The van der Waals surface area contributed by atoms with E-state index in [1.165, 1.54) is 0 Å². The lowest BCUT2D eigenvalue weighted by Crippen LogP contribution is -2.32. The van der Waals surface area contributed by atoms with Crippen LogP contribution in [0.3, 0.4) is 0 Å². The molecule has 0 aliphatic rings. The van der Waals surface area contributed by atoms with E-state index in [2.05, 4.69) is 40.5 Å². The zero-order chi connectivity index (χ0) is 15.0. The quantitative estimate of drug-likeness (QED) is 0.526. The van der Waals surface area contributed by atoms with Gasteiger partial charge < -0.3 is 15.5 Å². The van der Waals surface area contributed by atoms with Gasteiger partial charge in [-0.3, -0.25) is 5.41 Å². The monoisotopic (exact) mass is 278 g/mol. The van der Waals surface area contributed by atoms with Crippen molar-refractivity contribution in [2.45, 2.75) is 27.2 Å². The number of hydrogen-bond acceptors (Lipinski definition) is 5. The van der Waals surface area contributed by atoms with Gasteiger partial charge in [-0.15, -0.1) is 0 Å². The van der Waals surface area contributed by atoms with Crippen LogP contribution in [-0.2, 0) is 0 Å². The largest absolute Gasteiger partial charge is 0.382 e. The zero-order valence-electron chi connectivity index (χ0n) is 12.8. The van der Waals surface area contributed by atoms with Crippen molar-refractivity contribution in [1.29, 1.82) is 5.41 Å². The number of aromatic nitrogens is 2. The molecule has 0 radical (unpaired) electrons. The molecule has 6 nitrogen and oxygen atoms in total. The minimum atomic E-state index is -0.0321. The second-order valence-corrected chi connectivity index (χ2v) is 4.60. The first-order valence-corrected chi connectivity index (χ1v) is 7.26. The Hall–Kier alpha value is -1.69. The molecular formula is C14H26N6. The highest BCUT2D eigenvalue weighted by atomic mass is 15.2. The number of rotatable bonds is 9. The van der Waals surface area contributed by atoms with E-state index in [1.54, 1.807) is 12.4 Å². The molecule has 0 saturated carbocycles. The standard InChI is InChI=1S/C14H26N6/c1-4-19(5-2)10-7-11-20(6-3)14-12(13(15)16)17-8-9-18-14/h8-9H,4-7,10-11H2,1-3H3,(H3,15,16). The summed E-state index contributed by atoms with van der Waals surface area (Å²) in [6, 6.07) is 0. The predicted molar refractivity (Wildman–Crippen MR) is 83.3 cm³/mol. The summed E-state index contributed by atoms with van der Waals surface area (Å²) in [5.74, 6) is 0.678. The molecule has 0 bridgehead atoms. The van der Waals surface area contributed by atoms with Gasteiger partial charge in [-0.1, -0.05) is 13.8 Å². The lowest BCUT2D eigenvalue weighted by atomic mass is 10.3. The first-order chi connectivity index (χ1) is 9.63. The molecule has 1 aromatic rings. The Kier molecular flexibility index (Phi) is 6.93. The first kappa shape index (κ1) is 16.4. The third-order valence-corrected chi connectivity index (χ3v) is 3.41. The Morgan fingerprint density at radius 2 is 1.75 bits per heavy atom. The summed E-state index contributed by atoms with van der Waals surface area (Å²) in [6.07, 6.45) is 4.28. The van der Waals surface area contributed by atoms with Crippen molar-refractivity contribution in [3.8, 4) is 0 Å². The summed E-state index contributed by atoms with van der Waals surface area (Å²) in [5, 5.41) is 7.59. The van der Waals surface area contributed by atoms with Crippen LogP contribution in [0.1, 0.15) is 32.9 Å². The number of nitrogens with one attached hydrogen (secondary N) is 1. The Morgan fingerprint density at radius 3 is 2.30 bits per heavy atom. The lowest BCUT2D eigenvalue weighted by molar-refractivity contribution is 0.300. The van der Waals surface area contributed by atoms with Crippen molar-refractivity contribution in [2.24, 2.45) is 5.73 Å². The van der Waals surface area contributed by atoms with Crippen LogP contribution in [0.2, 0.25) is 0 Å². The summed E-state index contributed by atoms with van der Waals surface area (Å²) < 4.78 is 0. The number of anilines is 1. The number of amidine groups is 1. The van der Waals surface area contributed by atoms with Gasteiger partial charge in [-0.25, -0.2) is 9.97 Å². The number of nitrogens with two attached hydrogens (primary N) is 1. The van der Waals surface area contributed by atoms with E-state index in [4.69, 9.17) is 11.1 Å². The molecule has 0 unspecified atom stereocenters. The molecule has 0 saturated heterocycles. The van der Waals surface area contributed by atoms with Gasteiger partial charge >= 0.3 is 0 Å². The molecular weight excluding hydrogens is 252 g/mol. The molecule has 0 amide bonds. The van der Waals surface area contributed by atoms with Gasteiger partial charge in [-0.2, -0.15) is 0 Å². The van der Waals surface area contributed by atoms with Gasteiger partial charge in [0.2, 0.25) is 0 Å². The highest BCUT2D eigenvalue weighted by Crippen LogP contribution is 2.14. The molecule has 20 heavy (non-hydrogen) atoms. The van der Waals surface area contributed by atoms with Crippen molar-refractivity contribution in [1.82, 2.24) is 14.9 Å². The maximum absolute atomic E-state index is 7.59. The highest BCUT2D eigenvalue weighted by molar-refractivity contribution is 5.97. The average molecular weight is 278 g/mol. The second-order valence-electron chi connectivity index (χ2n) is 4.60. The van der Waals surface area contributed by atoms with Gasteiger partial charge in [0.25, 0.3) is 0 Å². The maximum Gasteiger partial charge on any atom is 0.158 e. The van der Waals surface area contributed by atoms with E-state index < -0.39 is 0 Å². The summed E-state index contributed by atoms with van der Waals surface area (Å²) in [5.41, 5.74) is 6.04. The molecule has 1 heterocycles. The van der Waals surface area contributed by atoms with E-state index in [0.717, 1.165) is 39.1 Å². The molecule has 1 rings (SSSR count). The van der Waals surface area contributed by atoms with Gasteiger partial charge in [-0.05, 0) is 33.0 Å². The first-order valence-electron chi connectivity index (χ1n) is 7.26. The second kappa shape index (κ2) is 8.47. The lowest BCUT2D eigenvalue weighted by Gasteiger charge is -2.25. The minimum Gasteiger partial charge on any atom is -0.382 e. The molecule has 0 aromatic carbocycles. The summed E-state index contributed by atoms with van der Waals surface area (Å²) in [4.78, 5) is 13.0. The predicted octanol–water partition coefficient (Wildman–Crippen LogP) is 1.32. The van der Waals surface area contributed by atoms with Crippen LogP contribution < -0.4 is 10.6 Å². The van der Waals surface area contributed by atoms with Crippen molar-refractivity contribution in [3.63, 3.8) is 0 Å². The topological polar surface area (TPSA) is 82.1 Å². The van der Waals surface area contributed by atoms with E-state index in [0.29, 0.717) is 11.5 Å². The van der Waals surface area contributed by atoms with E-state index >= 15 is 0 Å². The number of nitrogens with zero attached hydrogens (tertiary/aromatic N) is 4. The fraction of sp³-hybridized carbons (Fsp3) is 0.643. The van der Waals surface area contributed by atoms with Crippen LogP contribution in [0.5, 0.6) is 0 Å². The smallest absolute Gasteiger partial charge is 0.158 e. The molecule has 0 aliphatic carbocycles. The summed E-state index contributed by atoms with van der Waals surface area (Å²) in [7, 11) is 0. The van der Waals surface area contributed by atoms with Crippen molar-refractivity contribution < 1.29 is 0 Å². The highest BCUT2D eigenvalue weighted by Gasteiger charge is 2.14. The van der Waals surface area contributed by atoms with Gasteiger partial charge in [0, 0.05) is 25.5 Å². The molecule has 0 spiro atoms. The third kappa shape index (κ3) is 4.45. The Balaban J connectivity index is 2.69. The SMILES string of the molecule is CCN(CC)CCCN(CC)c1nccnc1C(=N)N. The van der Waals surface area contributed by atoms with Gasteiger partial charge in [0.1, 0.15) is 11.5 Å². The number of nitrogen functional groups attached to an aromatic ring is 1. The van der Waals surface area contributed by atoms with Crippen molar-refractivity contribution >= 4 is 11.7 Å². The molecule has 3 N–H and O–H groups in total. The van der Waals surface area contributed by atoms with Crippen LogP contribution >= 0.6 is 0 Å². The van der Waals surface area contributed by atoms with E-state index in [1.807, 2.05) is 0 Å². The minimum absolute atomic E-state index is 0.0321. The fourth-order valence-corrected chi connectivity index (χ4v) is 2.19. The Labute approximate surface area is 121 Å². The zero-order valence-corrected chi connectivity index (χ0v) is 12.8. The van der Waals surface area contributed by atoms with E-state index in [9.17, 15) is 0 Å². The fourth-order valence-electron chi connectivity index (χ4n) is 2.19. The van der Waals surface area contributed by atoms with Crippen molar-refractivity contribution in [3.05, 3.63) is 18.1 Å². The molecule has 0 atom stereocenters. The third-order valence-electron chi connectivity index (χ3n) is 3.41. The van der Waals surface area contributed by atoms with E-state index in [-0.39, 0.29) is 5.84 Å². The molecule has 1 aromatic heterocycles. The number of hydrogen-bond donors (Lipinski definition) is 2. The Morgan fingerprint density at radius 1 is 1.10 bits per heavy atom. The maximum atomic E-state index is 7.59. The molecule has 112 valence electrons. The summed E-state index contributed by atoms with van der Waals surface area (Å²) in [6.45, 7) is 11.4. The molecule has 0 fully saturated rings. The molecule has 6 heteroatoms. The van der Waals surface area contributed by atoms with Crippen LogP contribution in [0.15, 0.2) is 12.4 Å². The van der Waals surface area contributed by atoms with Gasteiger partial charge in [0.15, 0.2) is 5.82 Å². The normalized spacial score (nSPS) is 10.8. The van der Waals surface area contributed by atoms with Crippen molar-refractivity contribution in [2.75, 3.05) is 37.6 Å². The van der Waals surface area contributed by atoms with Crippen LogP contribution in [0.25, 0.3) is 0 Å². The van der Waals surface area contributed by atoms with Gasteiger partial charge in [0.05, 0.1) is 0 Å². The van der Waals surface area contributed by atoms with Crippen LogP contribution in [0.4, 0.5) is 5.82 Å². The average Bonchev–Trinajstić information content (AvgIpc) is 2.47. The van der Waals surface area contributed by atoms with Crippen LogP contribution in [0, 0.1) is 5.41 Å². The summed E-state index contributed by atoms with van der Waals surface area (Å²) >= 11 is 0. The molecule has 0 aliphatic heterocycles.